The van der Waals surface area contributed by atoms with Crippen LogP contribution in [0.2, 0.25) is 0 Å². The highest BCUT2D eigenvalue weighted by molar-refractivity contribution is 8.01. The van der Waals surface area contributed by atoms with Gasteiger partial charge in [-0.3, -0.25) is 4.79 Å². The maximum Gasteiger partial charge on any atom is 0.229 e. The van der Waals surface area contributed by atoms with E-state index in [9.17, 15) is 4.79 Å². The molecular formula is C9H13N3OS2. The zero-order chi connectivity index (χ0) is 10.8. The summed E-state index contributed by atoms with van der Waals surface area (Å²) in [7, 11) is 0. The van der Waals surface area contributed by atoms with Crippen LogP contribution in [0.5, 0.6) is 0 Å². The average Bonchev–Trinajstić information content (AvgIpc) is 2.76. The van der Waals surface area contributed by atoms with Gasteiger partial charge >= 0.3 is 0 Å². The Bertz CT molecular complexity index is 366. The Hall–Kier alpha value is -0.620. The third-order valence-corrected chi connectivity index (χ3v) is 4.20. The topological polar surface area (TPSA) is 54.9 Å². The van der Waals surface area contributed by atoms with Crippen molar-refractivity contribution < 1.29 is 4.79 Å². The summed E-state index contributed by atoms with van der Waals surface area (Å²) in [5.74, 6) is 1.78. The molecule has 0 spiro atoms. The fourth-order valence-corrected chi connectivity index (χ4v) is 2.98. The lowest BCUT2D eigenvalue weighted by Gasteiger charge is -1.97. The average molecular weight is 243 g/mol. The van der Waals surface area contributed by atoms with Gasteiger partial charge < -0.3 is 5.32 Å². The highest BCUT2D eigenvalue weighted by Crippen LogP contribution is 2.38. The zero-order valence-electron chi connectivity index (χ0n) is 8.69. The van der Waals surface area contributed by atoms with Gasteiger partial charge in [0.05, 0.1) is 0 Å². The minimum Gasteiger partial charge on any atom is -0.300 e. The SMILES string of the molecule is CCSc1nnc(NC(=O)[C@@H]2C[C@@H]2C)s1. The predicted octanol–water partition coefficient (Wildman–Crippen LogP) is 2.24. The summed E-state index contributed by atoms with van der Waals surface area (Å²) in [6, 6.07) is 0. The van der Waals surface area contributed by atoms with E-state index < -0.39 is 0 Å². The van der Waals surface area contributed by atoms with Crippen LogP contribution in [0.15, 0.2) is 4.34 Å². The van der Waals surface area contributed by atoms with Crippen LogP contribution in [0.3, 0.4) is 0 Å². The molecule has 0 radical (unpaired) electrons. The first kappa shape index (κ1) is 10.9. The summed E-state index contributed by atoms with van der Waals surface area (Å²) < 4.78 is 0.914. The molecule has 15 heavy (non-hydrogen) atoms. The molecule has 1 aromatic rings. The Morgan fingerprint density at radius 1 is 1.67 bits per heavy atom. The number of hydrogen-bond donors (Lipinski definition) is 1. The molecule has 6 heteroatoms. The summed E-state index contributed by atoms with van der Waals surface area (Å²) in [5, 5.41) is 11.3. The second kappa shape index (κ2) is 4.49. The molecule has 1 saturated carbocycles. The van der Waals surface area contributed by atoms with Gasteiger partial charge in [0.1, 0.15) is 0 Å². The molecule has 2 rings (SSSR count). The lowest BCUT2D eigenvalue weighted by molar-refractivity contribution is -0.117. The van der Waals surface area contributed by atoms with Gasteiger partial charge in [-0.1, -0.05) is 36.9 Å². The monoisotopic (exact) mass is 243 g/mol. The molecule has 0 saturated heterocycles. The van der Waals surface area contributed by atoms with Crippen molar-refractivity contribution in [2.45, 2.75) is 24.6 Å². The van der Waals surface area contributed by atoms with E-state index in [0.29, 0.717) is 11.0 Å². The Morgan fingerprint density at radius 3 is 3.00 bits per heavy atom. The predicted molar refractivity (Wildman–Crippen MR) is 62.2 cm³/mol. The van der Waals surface area contributed by atoms with E-state index in [-0.39, 0.29) is 11.8 Å². The lowest BCUT2D eigenvalue weighted by Crippen LogP contribution is -2.14. The maximum atomic E-state index is 11.6. The number of nitrogens with one attached hydrogen (secondary N) is 1. The van der Waals surface area contributed by atoms with Gasteiger partial charge in [0.2, 0.25) is 11.0 Å². The van der Waals surface area contributed by atoms with Crippen LogP contribution in [0.1, 0.15) is 20.3 Å². The van der Waals surface area contributed by atoms with Gasteiger partial charge in [-0.25, -0.2) is 0 Å². The molecule has 0 aliphatic heterocycles. The molecule has 1 aliphatic carbocycles. The number of amides is 1. The molecule has 0 bridgehead atoms. The molecule has 1 N–H and O–H groups in total. The number of carbonyl (C=O) groups excluding carboxylic acids is 1. The third-order valence-electron chi connectivity index (χ3n) is 2.35. The number of nitrogens with zero attached hydrogens (tertiary/aromatic N) is 2. The summed E-state index contributed by atoms with van der Waals surface area (Å²) in [6.45, 7) is 4.15. The van der Waals surface area contributed by atoms with Gasteiger partial charge in [-0.05, 0) is 18.1 Å². The van der Waals surface area contributed by atoms with Crippen LogP contribution in [0.4, 0.5) is 5.13 Å². The number of anilines is 1. The molecule has 1 fully saturated rings. The van der Waals surface area contributed by atoms with E-state index in [4.69, 9.17) is 0 Å². The minimum absolute atomic E-state index is 0.0895. The Kier molecular flexibility index (Phi) is 3.25. The van der Waals surface area contributed by atoms with Crippen molar-refractivity contribution in [1.29, 1.82) is 0 Å². The van der Waals surface area contributed by atoms with Crippen LogP contribution in [0, 0.1) is 11.8 Å². The molecular weight excluding hydrogens is 230 g/mol. The molecule has 1 aliphatic rings. The van der Waals surface area contributed by atoms with Crippen molar-refractivity contribution in [1.82, 2.24) is 10.2 Å². The Morgan fingerprint density at radius 2 is 2.40 bits per heavy atom. The van der Waals surface area contributed by atoms with E-state index in [1.807, 2.05) is 0 Å². The maximum absolute atomic E-state index is 11.6. The van der Waals surface area contributed by atoms with E-state index in [1.54, 1.807) is 11.8 Å². The first-order chi connectivity index (χ1) is 7.20. The van der Waals surface area contributed by atoms with Crippen LogP contribution in [-0.4, -0.2) is 21.9 Å². The van der Waals surface area contributed by atoms with Gasteiger partial charge in [0.25, 0.3) is 0 Å². The first-order valence-electron chi connectivity index (χ1n) is 4.98. The van der Waals surface area contributed by atoms with Crippen molar-refractivity contribution in [3.05, 3.63) is 0 Å². The number of aromatic nitrogens is 2. The van der Waals surface area contributed by atoms with E-state index in [0.717, 1.165) is 16.5 Å². The van der Waals surface area contributed by atoms with Gasteiger partial charge in [0.15, 0.2) is 4.34 Å². The van der Waals surface area contributed by atoms with E-state index >= 15 is 0 Å². The fraction of sp³-hybridized carbons (Fsp3) is 0.667. The van der Waals surface area contributed by atoms with Crippen LogP contribution in [-0.2, 0) is 4.79 Å². The number of carbonyl (C=O) groups is 1. The Labute approximate surface area is 96.9 Å². The quantitative estimate of drug-likeness (QED) is 0.651. The summed E-state index contributed by atoms with van der Waals surface area (Å²) >= 11 is 3.08. The summed E-state index contributed by atoms with van der Waals surface area (Å²) in [6.07, 6.45) is 1.00. The van der Waals surface area contributed by atoms with Crippen LogP contribution in [0.25, 0.3) is 0 Å². The molecule has 1 amide bonds. The fourth-order valence-electron chi connectivity index (χ4n) is 1.33. The smallest absolute Gasteiger partial charge is 0.229 e. The van der Waals surface area contributed by atoms with Crippen molar-refractivity contribution >= 4 is 34.1 Å². The van der Waals surface area contributed by atoms with Gasteiger partial charge in [-0.2, -0.15) is 0 Å². The normalized spacial score (nSPS) is 23.9. The molecule has 4 nitrogen and oxygen atoms in total. The van der Waals surface area contributed by atoms with Gasteiger partial charge in [0, 0.05) is 5.92 Å². The highest BCUT2D eigenvalue weighted by Gasteiger charge is 2.39. The second-order valence-corrected chi connectivity index (χ2v) is 6.10. The van der Waals surface area contributed by atoms with Crippen molar-refractivity contribution in [3.63, 3.8) is 0 Å². The number of rotatable bonds is 4. The molecule has 0 unspecified atom stereocenters. The number of thioether (sulfide) groups is 1. The van der Waals surface area contributed by atoms with Crippen LogP contribution < -0.4 is 5.32 Å². The first-order valence-corrected chi connectivity index (χ1v) is 6.78. The minimum atomic E-state index is 0.0895. The summed E-state index contributed by atoms with van der Waals surface area (Å²) in [5.41, 5.74) is 0. The third kappa shape index (κ3) is 2.69. The lowest BCUT2D eigenvalue weighted by atomic mass is 10.3. The van der Waals surface area contributed by atoms with E-state index in [1.165, 1.54) is 11.3 Å². The molecule has 0 aromatic carbocycles. The molecule has 2 atom stereocenters. The van der Waals surface area contributed by atoms with Gasteiger partial charge in [-0.15, -0.1) is 10.2 Å². The molecule has 82 valence electrons. The van der Waals surface area contributed by atoms with E-state index in [2.05, 4.69) is 29.4 Å². The molecule has 1 aromatic heterocycles. The summed E-state index contributed by atoms with van der Waals surface area (Å²) in [4.78, 5) is 11.6. The largest absolute Gasteiger partial charge is 0.300 e. The van der Waals surface area contributed by atoms with Crippen molar-refractivity contribution in [2.75, 3.05) is 11.1 Å². The standard InChI is InChI=1S/C9H13N3OS2/c1-3-14-9-12-11-8(15-9)10-7(13)6-4-5(6)2/h5-6H,3-4H2,1-2H3,(H,10,11,13)/t5-,6+/m0/s1. The highest BCUT2D eigenvalue weighted by atomic mass is 32.2. The number of hydrogen-bond acceptors (Lipinski definition) is 5. The van der Waals surface area contributed by atoms with Crippen molar-refractivity contribution in [3.8, 4) is 0 Å². The second-order valence-electron chi connectivity index (χ2n) is 3.61. The molecule has 1 heterocycles. The zero-order valence-corrected chi connectivity index (χ0v) is 10.3. The Balaban J connectivity index is 1.90. The van der Waals surface area contributed by atoms with Crippen LogP contribution >= 0.6 is 23.1 Å². The van der Waals surface area contributed by atoms with Crippen molar-refractivity contribution in [2.24, 2.45) is 11.8 Å².